The lowest BCUT2D eigenvalue weighted by Crippen LogP contribution is -2.22. The van der Waals surface area contributed by atoms with Crippen LogP contribution in [0.2, 0.25) is 0 Å². The molecule has 0 saturated heterocycles. The zero-order chi connectivity index (χ0) is 28.5. The molecule has 0 fully saturated rings. The van der Waals surface area contributed by atoms with Gasteiger partial charge in [-0.3, -0.25) is 0 Å². The van der Waals surface area contributed by atoms with Gasteiger partial charge in [0.15, 0.2) is 0 Å². The van der Waals surface area contributed by atoms with Gasteiger partial charge in [-0.15, -0.1) is 0 Å². The SMILES string of the molecule is CCCCCc1cc(CCCCOCCCCCCNC[C@@H](O)c2ccc(O)c(CO)c2)cc(S(N)(=O)=O)c1. The number of unbranched alkanes of at least 4 members (excludes halogenated alkanes) is 6. The Balaban J connectivity index is 1.52. The highest BCUT2D eigenvalue weighted by atomic mass is 32.2. The average molecular weight is 565 g/mol. The Kier molecular flexibility index (Phi) is 15.6. The molecular formula is C30H48N2O6S. The highest BCUT2D eigenvalue weighted by molar-refractivity contribution is 7.89. The Morgan fingerprint density at radius 2 is 1.54 bits per heavy atom. The number of aliphatic hydroxyl groups is 2. The molecule has 0 spiro atoms. The molecule has 220 valence electrons. The summed E-state index contributed by atoms with van der Waals surface area (Å²) in [7, 11) is -3.71. The average Bonchev–Trinajstić information content (AvgIpc) is 2.91. The van der Waals surface area contributed by atoms with Crippen molar-refractivity contribution in [3.63, 3.8) is 0 Å². The Hall–Kier alpha value is -2.01. The number of nitrogens with one attached hydrogen (secondary N) is 1. The van der Waals surface area contributed by atoms with Gasteiger partial charge in [0.2, 0.25) is 10.0 Å². The number of nitrogens with two attached hydrogens (primary N) is 1. The topological polar surface area (TPSA) is 142 Å². The molecule has 0 aliphatic rings. The van der Waals surface area contributed by atoms with E-state index in [4.69, 9.17) is 9.88 Å². The predicted octanol–water partition coefficient (Wildman–Crippen LogP) is 4.49. The molecule has 39 heavy (non-hydrogen) atoms. The molecule has 8 nitrogen and oxygen atoms in total. The minimum atomic E-state index is -3.71. The van der Waals surface area contributed by atoms with Crippen LogP contribution in [0.15, 0.2) is 41.3 Å². The van der Waals surface area contributed by atoms with Crippen LogP contribution >= 0.6 is 0 Å². The lowest BCUT2D eigenvalue weighted by atomic mass is 10.0. The quantitative estimate of drug-likeness (QED) is 0.141. The van der Waals surface area contributed by atoms with Crippen LogP contribution in [0.4, 0.5) is 0 Å². The monoisotopic (exact) mass is 564 g/mol. The summed E-state index contributed by atoms with van der Waals surface area (Å²) in [6.45, 7) is 4.57. The summed E-state index contributed by atoms with van der Waals surface area (Å²) in [5.74, 6) is 0.0325. The van der Waals surface area contributed by atoms with E-state index in [1.165, 1.54) is 6.07 Å². The molecule has 2 rings (SSSR count). The van der Waals surface area contributed by atoms with Crippen LogP contribution < -0.4 is 10.5 Å². The van der Waals surface area contributed by atoms with Gasteiger partial charge in [-0.2, -0.15) is 0 Å². The van der Waals surface area contributed by atoms with E-state index in [9.17, 15) is 23.7 Å². The first-order valence-corrected chi connectivity index (χ1v) is 15.8. The minimum Gasteiger partial charge on any atom is -0.508 e. The molecule has 0 amide bonds. The van der Waals surface area contributed by atoms with Crippen molar-refractivity contribution >= 4 is 10.0 Å². The standard InChI is InChI=1S/C30H48N2O6S/c1-2-3-6-11-24-18-25(20-28(19-24)39(31,36)37)12-7-10-17-38-16-9-5-4-8-15-32-22-30(35)26-13-14-29(34)27(21-26)23-33/h13-14,18-21,30,32-35H,2-12,15-17,22-23H2,1H3,(H2,31,36,37)/t30-/m1/s1. The van der Waals surface area contributed by atoms with Crippen molar-refractivity contribution in [1.82, 2.24) is 5.32 Å². The molecule has 2 aromatic carbocycles. The van der Waals surface area contributed by atoms with E-state index in [2.05, 4.69) is 18.3 Å². The third kappa shape index (κ3) is 13.3. The smallest absolute Gasteiger partial charge is 0.238 e. The van der Waals surface area contributed by atoms with E-state index in [-0.39, 0.29) is 17.3 Å². The minimum absolute atomic E-state index is 0.0325. The second kappa shape index (κ2) is 18.4. The van der Waals surface area contributed by atoms with Gasteiger partial charge in [0.05, 0.1) is 17.6 Å². The molecule has 0 heterocycles. The lowest BCUT2D eigenvalue weighted by molar-refractivity contribution is 0.126. The first-order valence-electron chi connectivity index (χ1n) is 14.3. The van der Waals surface area contributed by atoms with Crippen molar-refractivity contribution in [1.29, 1.82) is 0 Å². The van der Waals surface area contributed by atoms with Crippen molar-refractivity contribution in [2.45, 2.75) is 95.2 Å². The number of aliphatic hydroxyl groups excluding tert-OH is 2. The number of sulfonamides is 1. The van der Waals surface area contributed by atoms with Crippen LogP contribution in [0.25, 0.3) is 0 Å². The molecule has 1 atom stereocenters. The van der Waals surface area contributed by atoms with Gasteiger partial charge in [0.1, 0.15) is 5.75 Å². The molecule has 0 aliphatic heterocycles. The Morgan fingerprint density at radius 1 is 0.897 bits per heavy atom. The molecule has 6 N–H and O–H groups in total. The van der Waals surface area contributed by atoms with Gasteiger partial charge >= 0.3 is 0 Å². The number of aromatic hydroxyl groups is 1. The lowest BCUT2D eigenvalue weighted by Gasteiger charge is -2.14. The third-order valence-electron chi connectivity index (χ3n) is 6.82. The molecular weight excluding hydrogens is 516 g/mol. The van der Waals surface area contributed by atoms with Crippen molar-refractivity contribution < 1.29 is 28.5 Å². The first kappa shape index (κ1) is 33.2. The van der Waals surface area contributed by atoms with Crippen molar-refractivity contribution in [3.8, 4) is 5.75 Å². The van der Waals surface area contributed by atoms with Gasteiger partial charge in [-0.05, 0) is 92.4 Å². The maximum Gasteiger partial charge on any atom is 0.238 e. The summed E-state index contributed by atoms with van der Waals surface area (Å²) in [5.41, 5.74) is 3.15. The molecule has 0 radical (unpaired) electrons. The number of hydrogen-bond acceptors (Lipinski definition) is 7. The Bertz CT molecular complexity index is 1080. The molecule has 2 aromatic rings. The molecule has 0 unspecified atom stereocenters. The Morgan fingerprint density at radius 3 is 2.18 bits per heavy atom. The van der Waals surface area contributed by atoms with Crippen LogP contribution in [0.1, 0.15) is 93.1 Å². The predicted molar refractivity (Wildman–Crippen MR) is 155 cm³/mol. The maximum atomic E-state index is 11.9. The summed E-state index contributed by atoms with van der Waals surface area (Å²) in [5, 5.41) is 37.8. The fraction of sp³-hybridized carbons (Fsp3) is 0.600. The van der Waals surface area contributed by atoms with Gasteiger partial charge in [0.25, 0.3) is 0 Å². The van der Waals surface area contributed by atoms with Gasteiger partial charge in [0, 0.05) is 25.3 Å². The fourth-order valence-electron chi connectivity index (χ4n) is 4.50. The molecule has 9 heteroatoms. The van der Waals surface area contributed by atoms with Gasteiger partial charge < -0.3 is 25.4 Å². The number of hydrogen-bond donors (Lipinski definition) is 5. The van der Waals surface area contributed by atoms with E-state index < -0.39 is 16.1 Å². The number of primary sulfonamides is 1. The van der Waals surface area contributed by atoms with Crippen LogP contribution in [-0.4, -0.2) is 50.0 Å². The van der Waals surface area contributed by atoms with Crippen molar-refractivity contribution in [3.05, 3.63) is 58.7 Å². The number of benzene rings is 2. The van der Waals surface area contributed by atoms with Crippen molar-refractivity contribution in [2.75, 3.05) is 26.3 Å². The van der Waals surface area contributed by atoms with E-state index in [1.54, 1.807) is 24.3 Å². The number of rotatable bonds is 21. The normalized spacial score (nSPS) is 12.6. The van der Waals surface area contributed by atoms with E-state index in [1.807, 2.05) is 0 Å². The number of aryl methyl sites for hydroxylation is 2. The van der Waals surface area contributed by atoms with E-state index in [0.717, 1.165) is 94.9 Å². The van der Waals surface area contributed by atoms with Gasteiger partial charge in [-0.25, -0.2) is 13.6 Å². The van der Waals surface area contributed by atoms with Crippen LogP contribution in [-0.2, 0) is 34.2 Å². The van der Waals surface area contributed by atoms with Crippen molar-refractivity contribution in [2.24, 2.45) is 5.14 Å². The molecule has 0 saturated carbocycles. The van der Waals surface area contributed by atoms with Crippen LogP contribution in [0, 0.1) is 0 Å². The molecule has 0 aromatic heterocycles. The second-order valence-corrected chi connectivity index (χ2v) is 11.8. The van der Waals surface area contributed by atoms with E-state index >= 15 is 0 Å². The first-order chi connectivity index (χ1) is 18.7. The fourth-order valence-corrected chi connectivity index (χ4v) is 5.13. The maximum absolute atomic E-state index is 11.9. The second-order valence-electron chi connectivity index (χ2n) is 10.2. The third-order valence-corrected chi connectivity index (χ3v) is 7.71. The molecule has 0 aliphatic carbocycles. The van der Waals surface area contributed by atoms with Crippen LogP contribution in [0.5, 0.6) is 5.75 Å². The number of ether oxygens (including phenoxy) is 1. The summed E-state index contributed by atoms with van der Waals surface area (Å²) < 4.78 is 29.5. The largest absolute Gasteiger partial charge is 0.508 e. The Labute approximate surface area is 234 Å². The highest BCUT2D eigenvalue weighted by Crippen LogP contribution is 2.22. The number of phenols is 1. The summed E-state index contributed by atoms with van der Waals surface area (Å²) in [4.78, 5) is 0.211. The zero-order valence-corrected chi connectivity index (χ0v) is 24.2. The summed E-state index contributed by atoms with van der Waals surface area (Å²) in [6.07, 6.45) is 10.4. The van der Waals surface area contributed by atoms with E-state index in [0.29, 0.717) is 24.3 Å². The summed E-state index contributed by atoms with van der Waals surface area (Å²) >= 11 is 0. The summed E-state index contributed by atoms with van der Waals surface area (Å²) in [6, 6.07) is 10.3. The van der Waals surface area contributed by atoms with Crippen LogP contribution in [0.3, 0.4) is 0 Å². The van der Waals surface area contributed by atoms with Gasteiger partial charge in [-0.1, -0.05) is 44.7 Å². The molecule has 0 bridgehead atoms. The zero-order valence-electron chi connectivity index (χ0n) is 23.4. The highest BCUT2D eigenvalue weighted by Gasteiger charge is 2.12.